The molecule has 1 aromatic rings. The highest BCUT2D eigenvalue weighted by atomic mass is 19.1. The molecule has 92 valence electrons. The van der Waals surface area contributed by atoms with Crippen LogP contribution in [0, 0.1) is 17.6 Å². The van der Waals surface area contributed by atoms with Crippen molar-refractivity contribution in [2.75, 3.05) is 25.1 Å². The molecule has 1 aromatic carbocycles. The van der Waals surface area contributed by atoms with Crippen LogP contribution in [0.4, 0.5) is 14.5 Å². The molecule has 1 fully saturated rings. The van der Waals surface area contributed by atoms with Gasteiger partial charge in [-0.25, -0.2) is 8.78 Å². The van der Waals surface area contributed by atoms with Crippen LogP contribution in [0.3, 0.4) is 0 Å². The minimum Gasteiger partial charge on any atom is -0.469 e. The first-order chi connectivity index (χ1) is 8.11. The molecule has 0 aromatic heterocycles. The maximum atomic E-state index is 13.5. The molecule has 2 rings (SSSR count). The van der Waals surface area contributed by atoms with E-state index in [1.807, 2.05) is 0 Å². The zero-order chi connectivity index (χ0) is 12.4. The van der Waals surface area contributed by atoms with Crippen molar-refractivity contribution in [3.63, 3.8) is 0 Å². The van der Waals surface area contributed by atoms with Crippen molar-refractivity contribution in [3.05, 3.63) is 29.8 Å². The number of hydrogen-bond acceptors (Lipinski definition) is 3. The van der Waals surface area contributed by atoms with Gasteiger partial charge >= 0.3 is 5.97 Å². The lowest BCUT2D eigenvalue weighted by molar-refractivity contribution is -0.144. The van der Waals surface area contributed by atoms with Crippen LogP contribution in [0.2, 0.25) is 0 Å². The van der Waals surface area contributed by atoms with Crippen molar-refractivity contribution in [1.29, 1.82) is 0 Å². The van der Waals surface area contributed by atoms with Gasteiger partial charge in [0, 0.05) is 19.2 Å². The molecule has 0 aliphatic carbocycles. The third-order valence-electron chi connectivity index (χ3n) is 2.97. The van der Waals surface area contributed by atoms with Gasteiger partial charge in [-0.2, -0.15) is 0 Å². The van der Waals surface area contributed by atoms with E-state index in [9.17, 15) is 13.6 Å². The third kappa shape index (κ3) is 2.38. The number of esters is 1. The highest BCUT2D eigenvalue weighted by Crippen LogP contribution is 2.27. The van der Waals surface area contributed by atoms with Crippen molar-refractivity contribution in [2.45, 2.75) is 6.42 Å². The van der Waals surface area contributed by atoms with Gasteiger partial charge in [-0.05, 0) is 18.6 Å². The summed E-state index contributed by atoms with van der Waals surface area (Å²) in [5, 5.41) is 0. The van der Waals surface area contributed by atoms with Gasteiger partial charge in [0.25, 0.3) is 0 Å². The molecule has 0 bridgehead atoms. The standard InChI is InChI=1S/C12H13F2NO2/c1-17-12(16)8-4-5-15(7-8)11-6-9(13)2-3-10(11)14/h2-3,6,8H,4-5,7H2,1H3/t8-/m0/s1. The summed E-state index contributed by atoms with van der Waals surface area (Å²) < 4.78 is 31.2. The van der Waals surface area contributed by atoms with Gasteiger partial charge < -0.3 is 9.64 Å². The first-order valence-corrected chi connectivity index (χ1v) is 5.39. The first-order valence-electron chi connectivity index (χ1n) is 5.39. The number of anilines is 1. The molecule has 1 atom stereocenters. The largest absolute Gasteiger partial charge is 0.469 e. The van der Waals surface area contributed by atoms with Crippen LogP contribution in [0.25, 0.3) is 0 Å². The van der Waals surface area contributed by atoms with Crippen molar-refractivity contribution in [2.24, 2.45) is 5.92 Å². The maximum absolute atomic E-state index is 13.5. The summed E-state index contributed by atoms with van der Waals surface area (Å²) >= 11 is 0. The molecular formula is C12H13F2NO2. The van der Waals surface area contributed by atoms with Gasteiger partial charge in [0.1, 0.15) is 11.6 Å². The van der Waals surface area contributed by atoms with E-state index in [0.29, 0.717) is 19.5 Å². The van der Waals surface area contributed by atoms with Crippen LogP contribution in [-0.2, 0) is 9.53 Å². The number of methoxy groups -OCH3 is 1. The maximum Gasteiger partial charge on any atom is 0.310 e. The summed E-state index contributed by atoms with van der Waals surface area (Å²) in [7, 11) is 1.33. The van der Waals surface area contributed by atoms with Crippen molar-refractivity contribution >= 4 is 11.7 Å². The molecule has 0 saturated carbocycles. The number of carbonyl (C=O) groups excluding carboxylic acids is 1. The molecule has 0 N–H and O–H groups in total. The predicted octanol–water partition coefficient (Wildman–Crippen LogP) is 1.96. The number of ether oxygens (including phenoxy) is 1. The lowest BCUT2D eigenvalue weighted by Gasteiger charge is -2.18. The fraction of sp³-hybridized carbons (Fsp3) is 0.417. The Kier molecular flexibility index (Phi) is 3.26. The Bertz CT molecular complexity index is 437. The zero-order valence-corrected chi connectivity index (χ0v) is 9.45. The Morgan fingerprint density at radius 2 is 2.24 bits per heavy atom. The Balaban J connectivity index is 2.15. The van der Waals surface area contributed by atoms with Crippen molar-refractivity contribution in [1.82, 2.24) is 0 Å². The second-order valence-corrected chi connectivity index (χ2v) is 4.05. The zero-order valence-electron chi connectivity index (χ0n) is 9.45. The molecule has 0 spiro atoms. The lowest BCUT2D eigenvalue weighted by Crippen LogP contribution is -2.24. The first kappa shape index (κ1) is 11.8. The van der Waals surface area contributed by atoms with E-state index in [0.717, 1.165) is 18.2 Å². The van der Waals surface area contributed by atoms with Gasteiger partial charge in [0.15, 0.2) is 0 Å². The van der Waals surface area contributed by atoms with E-state index in [1.165, 1.54) is 7.11 Å². The monoisotopic (exact) mass is 241 g/mol. The number of halogens is 2. The predicted molar refractivity (Wildman–Crippen MR) is 58.7 cm³/mol. The number of rotatable bonds is 2. The topological polar surface area (TPSA) is 29.5 Å². The molecule has 5 heteroatoms. The summed E-state index contributed by atoms with van der Waals surface area (Å²) in [4.78, 5) is 13.0. The van der Waals surface area contributed by atoms with Crippen LogP contribution in [0.1, 0.15) is 6.42 Å². The lowest BCUT2D eigenvalue weighted by atomic mass is 10.1. The van der Waals surface area contributed by atoms with Gasteiger partial charge in [0.2, 0.25) is 0 Å². The van der Waals surface area contributed by atoms with Crippen LogP contribution < -0.4 is 4.90 Å². The minimum absolute atomic E-state index is 0.205. The smallest absolute Gasteiger partial charge is 0.310 e. The Hall–Kier alpha value is -1.65. The van der Waals surface area contributed by atoms with Crippen molar-refractivity contribution < 1.29 is 18.3 Å². The molecule has 17 heavy (non-hydrogen) atoms. The summed E-state index contributed by atoms with van der Waals surface area (Å²) in [6.07, 6.45) is 0.600. The molecular weight excluding hydrogens is 228 g/mol. The Morgan fingerprint density at radius 1 is 1.47 bits per heavy atom. The number of hydrogen-bond donors (Lipinski definition) is 0. The van der Waals surface area contributed by atoms with E-state index in [1.54, 1.807) is 4.90 Å². The van der Waals surface area contributed by atoms with Gasteiger partial charge in [0.05, 0.1) is 18.7 Å². The quantitative estimate of drug-likeness (QED) is 0.741. The summed E-state index contributed by atoms with van der Waals surface area (Å²) in [5.74, 6) is -1.52. The minimum atomic E-state index is -0.483. The summed E-state index contributed by atoms with van der Waals surface area (Å²) in [6, 6.07) is 3.32. The van der Waals surface area contributed by atoms with Crippen LogP contribution in [0.15, 0.2) is 18.2 Å². The molecule has 1 aliphatic rings. The number of carbonyl (C=O) groups is 1. The third-order valence-corrected chi connectivity index (χ3v) is 2.97. The van der Waals surface area contributed by atoms with Crippen LogP contribution >= 0.6 is 0 Å². The highest BCUT2D eigenvalue weighted by Gasteiger charge is 2.30. The molecule has 3 nitrogen and oxygen atoms in total. The van der Waals surface area contributed by atoms with Crippen LogP contribution in [-0.4, -0.2) is 26.2 Å². The highest BCUT2D eigenvalue weighted by molar-refractivity contribution is 5.74. The second kappa shape index (κ2) is 4.69. The van der Waals surface area contributed by atoms with Crippen LogP contribution in [0.5, 0.6) is 0 Å². The number of nitrogens with zero attached hydrogens (tertiary/aromatic N) is 1. The van der Waals surface area contributed by atoms with E-state index < -0.39 is 11.6 Å². The molecule has 1 saturated heterocycles. The average molecular weight is 241 g/mol. The molecule has 1 aliphatic heterocycles. The molecule has 0 amide bonds. The van der Waals surface area contributed by atoms with E-state index in [4.69, 9.17) is 0 Å². The number of benzene rings is 1. The van der Waals surface area contributed by atoms with Gasteiger partial charge in [-0.1, -0.05) is 0 Å². The summed E-state index contributed by atoms with van der Waals surface area (Å²) in [5.41, 5.74) is 0.205. The van der Waals surface area contributed by atoms with E-state index in [-0.39, 0.29) is 17.6 Å². The molecule has 0 radical (unpaired) electrons. The van der Waals surface area contributed by atoms with Crippen molar-refractivity contribution in [3.8, 4) is 0 Å². The van der Waals surface area contributed by atoms with Gasteiger partial charge in [-0.15, -0.1) is 0 Å². The summed E-state index contributed by atoms with van der Waals surface area (Å²) in [6.45, 7) is 0.896. The molecule has 0 unspecified atom stereocenters. The Labute approximate surface area is 98.0 Å². The normalized spacial score (nSPS) is 19.5. The van der Waals surface area contributed by atoms with Gasteiger partial charge in [-0.3, -0.25) is 4.79 Å². The fourth-order valence-corrected chi connectivity index (χ4v) is 2.07. The average Bonchev–Trinajstić information content (AvgIpc) is 2.80. The SMILES string of the molecule is COC(=O)[C@H]1CCN(c2cc(F)ccc2F)C1. The van der Waals surface area contributed by atoms with E-state index in [2.05, 4.69) is 4.74 Å². The fourth-order valence-electron chi connectivity index (χ4n) is 2.07. The second-order valence-electron chi connectivity index (χ2n) is 4.05. The van der Waals surface area contributed by atoms with E-state index >= 15 is 0 Å². The molecule has 1 heterocycles. The Morgan fingerprint density at radius 3 is 2.94 bits per heavy atom.